The van der Waals surface area contributed by atoms with Crippen LogP contribution in [-0.4, -0.2) is 30.9 Å². The summed E-state index contributed by atoms with van der Waals surface area (Å²) in [6.07, 6.45) is 0.162. The van der Waals surface area contributed by atoms with Gasteiger partial charge in [-0.1, -0.05) is 13.8 Å². The lowest BCUT2D eigenvalue weighted by Crippen LogP contribution is -2.32. The predicted octanol–water partition coefficient (Wildman–Crippen LogP) is 2.22. The van der Waals surface area contributed by atoms with Crippen LogP contribution in [0.3, 0.4) is 0 Å². The Morgan fingerprint density at radius 1 is 1.32 bits per heavy atom. The normalized spacial score (nSPS) is 12.1. The third kappa shape index (κ3) is 5.61. The maximum Gasteiger partial charge on any atom is 0.319 e. The molecule has 2 amide bonds. The van der Waals surface area contributed by atoms with Crippen LogP contribution in [0.15, 0.2) is 24.3 Å². The zero-order chi connectivity index (χ0) is 14.3. The van der Waals surface area contributed by atoms with Crippen molar-refractivity contribution in [2.24, 2.45) is 5.92 Å². The summed E-state index contributed by atoms with van der Waals surface area (Å²) in [6, 6.07) is 6.81. The number of methoxy groups -OCH3 is 1. The molecule has 0 bridgehead atoms. The summed E-state index contributed by atoms with van der Waals surface area (Å²) in [5.74, 6) is 0.942. The summed E-state index contributed by atoms with van der Waals surface area (Å²) in [5, 5.41) is 15.0. The zero-order valence-electron chi connectivity index (χ0n) is 11.6. The molecule has 0 aliphatic carbocycles. The summed E-state index contributed by atoms with van der Waals surface area (Å²) < 4.78 is 5.03. The Kier molecular flexibility index (Phi) is 6.15. The molecule has 0 fully saturated rings. The lowest BCUT2D eigenvalue weighted by molar-refractivity contribution is 0.117. The van der Waals surface area contributed by atoms with Crippen LogP contribution in [0.4, 0.5) is 10.5 Å². The second-order valence-electron chi connectivity index (χ2n) is 4.71. The molecule has 1 aromatic rings. The average Bonchev–Trinajstić information content (AvgIpc) is 2.39. The SMILES string of the molecule is COc1ccc(NC(=O)NCCC(O)C(C)C)cc1. The number of hydrogen-bond donors (Lipinski definition) is 3. The van der Waals surface area contributed by atoms with Gasteiger partial charge in [-0.05, 0) is 36.6 Å². The van der Waals surface area contributed by atoms with Gasteiger partial charge in [0, 0.05) is 12.2 Å². The molecule has 1 rings (SSSR count). The quantitative estimate of drug-likeness (QED) is 0.739. The van der Waals surface area contributed by atoms with E-state index in [1.807, 2.05) is 13.8 Å². The van der Waals surface area contributed by atoms with Gasteiger partial charge >= 0.3 is 6.03 Å². The van der Waals surface area contributed by atoms with Crippen molar-refractivity contribution >= 4 is 11.7 Å². The maximum absolute atomic E-state index is 11.6. The first-order chi connectivity index (χ1) is 9.02. The molecule has 0 radical (unpaired) electrons. The van der Waals surface area contributed by atoms with Crippen molar-refractivity contribution in [2.75, 3.05) is 19.0 Å². The molecule has 5 nitrogen and oxygen atoms in total. The van der Waals surface area contributed by atoms with E-state index in [9.17, 15) is 9.90 Å². The van der Waals surface area contributed by atoms with Crippen molar-refractivity contribution in [1.82, 2.24) is 5.32 Å². The van der Waals surface area contributed by atoms with E-state index in [-0.39, 0.29) is 18.1 Å². The van der Waals surface area contributed by atoms with Gasteiger partial charge in [-0.25, -0.2) is 4.79 Å². The molecule has 106 valence electrons. The van der Waals surface area contributed by atoms with E-state index >= 15 is 0 Å². The molecule has 1 unspecified atom stereocenters. The Morgan fingerprint density at radius 3 is 2.47 bits per heavy atom. The number of carbonyl (C=O) groups excluding carboxylic acids is 1. The van der Waals surface area contributed by atoms with Gasteiger partial charge in [-0.15, -0.1) is 0 Å². The number of rotatable bonds is 6. The summed E-state index contributed by atoms with van der Waals surface area (Å²) in [5.41, 5.74) is 0.697. The molecule has 0 aromatic heterocycles. The largest absolute Gasteiger partial charge is 0.497 e. The minimum Gasteiger partial charge on any atom is -0.497 e. The van der Waals surface area contributed by atoms with Gasteiger partial charge < -0.3 is 20.5 Å². The topological polar surface area (TPSA) is 70.6 Å². The summed E-state index contributed by atoms with van der Waals surface area (Å²) in [4.78, 5) is 11.6. The molecule has 1 atom stereocenters. The van der Waals surface area contributed by atoms with Crippen LogP contribution in [0.2, 0.25) is 0 Å². The highest BCUT2D eigenvalue weighted by Gasteiger charge is 2.09. The number of hydrogen-bond acceptors (Lipinski definition) is 3. The molecule has 0 aliphatic rings. The molecule has 0 spiro atoms. The van der Waals surface area contributed by atoms with Crippen LogP contribution < -0.4 is 15.4 Å². The first kappa shape index (κ1) is 15.3. The molecule has 0 heterocycles. The first-order valence-electron chi connectivity index (χ1n) is 6.40. The molecule has 3 N–H and O–H groups in total. The summed E-state index contributed by atoms with van der Waals surface area (Å²) >= 11 is 0. The molecule has 1 aromatic carbocycles. The smallest absolute Gasteiger partial charge is 0.319 e. The van der Waals surface area contributed by atoms with Crippen LogP contribution in [0.25, 0.3) is 0 Å². The number of aliphatic hydroxyl groups is 1. The molecular weight excluding hydrogens is 244 g/mol. The Hall–Kier alpha value is -1.75. The maximum atomic E-state index is 11.6. The predicted molar refractivity (Wildman–Crippen MR) is 75.5 cm³/mol. The highest BCUT2D eigenvalue weighted by atomic mass is 16.5. The Labute approximate surface area is 114 Å². The Bertz CT molecular complexity index is 390. The highest BCUT2D eigenvalue weighted by molar-refractivity contribution is 5.89. The molecule has 5 heteroatoms. The van der Waals surface area contributed by atoms with Crippen LogP contribution in [0.5, 0.6) is 5.75 Å². The number of carbonyl (C=O) groups is 1. The second-order valence-corrected chi connectivity index (χ2v) is 4.71. The van der Waals surface area contributed by atoms with E-state index in [4.69, 9.17) is 4.74 Å². The van der Waals surface area contributed by atoms with E-state index in [0.29, 0.717) is 18.7 Å². The molecule has 0 aliphatic heterocycles. The molecule has 19 heavy (non-hydrogen) atoms. The lowest BCUT2D eigenvalue weighted by atomic mass is 10.0. The van der Waals surface area contributed by atoms with Gasteiger partial charge in [0.05, 0.1) is 13.2 Å². The van der Waals surface area contributed by atoms with E-state index in [0.717, 1.165) is 5.75 Å². The van der Waals surface area contributed by atoms with Crippen molar-refractivity contribution in [1.29, 1.82) is 0 Å². The minimum atomic E-state index is -0.388. The Morgan fingerprint density at radius 2 is 1.95 bits per heavy atom. The number of urea groups is 1. The number of anilines is 1. The third-order valence-corrected chi connectivity index (χ3v) is 2.84. The van der Waals surface area contributed by atoms with Crippen LogP contribution >= 0.6 is 0 Å². The van der Waals surface area contributed by atoms with Gasteiger partial charge in [0.1, 0.15) is 5.75 Å². The molecular formula is C14H22N2O3. The molecule has 0 saturated heterocycles. The molecule has 0 saturated carbocycles. The van der Waals surface area contributed by atoms with E-state index in [1.165, 1.54) is 0 Å². The van der Waals surface area contributed by atoms with E-state index in [1.54, 1.807) is 31.4 Å². The lowest BCUT2D eigenvalue weighted by Gasteiger charge is -2.14. The van der Waals surface area contributed by atoms with Gasteiger partial charge in [0.15, 0.2) is 0 Å². The van der Waals surface area contributed by atoms with Crippen molar-refractivity contribution in [3.05, 3.63) is 24.3 Å². The number of amides is 2. The third-order valence-electron chi connectivity index (χ3n) is 2.84. The highest BCUT2D eigenvalue weighted by Crippen LogP contribution is 2.14. The average molecular weight is 266 g/mol. The fourth-order valence-corrected chi connectivity index (χ4v) is 1.52. The van der Waals surface area contributed by atoms with Gasteiger partial charge in [-0.3, -0.25) is 0 Å². The summed E-state index contributed by atoms with van der Waals surface area (Å²) in [6.45, 7) is 4.34. The fourth-order valence-electron chi connectivity index (χ4n) is 1.52. The fraction of sp³-hybridized carbons (Fsp3) is 0.500. The minimum absolute atomic E-state index is 0.200. The van der Waals surface area contributed by atoms with Gasteiger partial charge in [0.25, 0.3) is 0 Å². The number of aliphatic hydroxyl groups excluding tert-OH is 1. The van der Waals surface area contributed by atoms with Crippen LogP contribution in [-0.2, 0) is 0 Å². The van der Waals surface area contributed by atoms with E-state index < -0.39 is 0 Å². The van der Waals surface area contributed by atoms with Crippen molar-refractivity contribution in [3.8, 4) is 5.75 Å². The number of nitrogens with one attached hydrogen (secondary N) is 2. The van der Waals surface area contributed by atoms with Gasteiger partial charge in [0.2, 0.25) is 0 Å². The van der Waals surface area contributed by atoms with Crippen LogP contribution in [0, 0.1) is 5.92 Å². The van der Waals surface area contributed by atoms with Gasteiger partial charge in [-0.2, -0.15) is 0 Å². The second kappa shape index (κ2) is 7.63. The summed E-state index contributed by atoms with van der Waals surface area (Å²) in [7, 11) is 1.59. The standard InChI is InChI=1S/C14H22N2O3/c1-10(2)13(17)8-9-15-14(18)16-11-4-6-12(19-3)7-5-11/h4-7,10,13,17H,8-9H2,1-3H3,(H2,15,16,18). The monoisotopic (exact) mass is 266 g/mol. The zero-order valence-corrected chi connectivity index (χ0v) is 11.6. The van der Waals surface area contributed by atoms with Crippen molar-refractivity contribution in [2.45, 2.75) is 26.4 Å². The Balaban J connectivity index is 2.30. The number of ether oxygens (including phenoxy) is 1. The van der Waals surface area contributed by atoms with E-state index in [2.05, 4.69) is 10.6 Å². The van der Waals surface area contributed by atoms with Crippen LogP contribution in [0.1, 0.15) is 20.3 Å². The van der Waals surface area contributed by atoms with Crippen molar-refractivity contribution < 1.29 is 14.6 Å². The van der Waals surface area contributed by atoms with Crippen molar-refractivity contribution in [3.63, 3.8) is 0 Å². The number of benzene rings is 1. The first-order valence-corrected chi connectivity index (χ1v) is 6.40.